The molecule has 0 spiro atoms. The van der Waals surface area contributed by atoms with Crippen LogP contribution in [0.15, 0.2) is 21.9 Å². The molecule has 20 heavy (non-hydrogen) atoms. The molecule has 0 bridgehead atoms. The third-order valence-corrected chi connectivity index (χ3v) is 6.44. The zero-order valence-electron chi connectivity index (χ0n) is 11.8. The quantitative estimate of drug-likeness (QED) is 0.859. The maximum atomic E-state index is 12.0. The van der Waals surface area contributed by atoms with Gasteiger partial charge in [-0.15, -0.1) is 11.8 Å². The van der Waals surface area contributed by atoms with Gasteiger partial charge < -0.3 is 5.73 Å². The molecule has 1 aromatic rings. The Morgan fingerprint density at radius 1 is 1.25 bits per heavy atom. The van der Waals surface area contributed by atoms with Crippen LogP contribution in [-0.2, 0) is 15.4 Å². The summed E-state index contributed by atoms with van der Waals surface area (Å²) in [5, 5.41) is 0.478. The number of sulfone groups is 1. The van der Waals surface area contributed by atoms with Gasteiger partial charge in [-0.3, -0.25) is 0 Å². The lowest BCUT2D eigenvalue weighted by Crippen LogP contribution is -2.38. The van der Waals surface area contributed by atoms with E-state index in [4.69, 9.17) is 17.3 Å². The topological polar surface area (TPSA) is 60.2 Å². The van der Waals surface area contributed by atoms with Crippen molar-refractivity contribution in [3.63, 3.8) is 0 Å². The summed E-state index contributed by atoms with van der Waals surface area (Å²) in [7, 11) is -3.32. The van der Waals surface area contributed by atoms with Crippen LogP contribution < -0.4 is 5.73 Å². The minimum absolute atomic E-state index is 0.294. The Labute approximate surface area is 130 Å². The SMILES string of the molecule is CSc1c(Cl)cc(C2(N)CCCCC2)cc1S(C)(=O)=O. The maximum Gasteiger partial charge on any atom is 0.176 e. The van der Waals surface area contributed by atoms with E-state index < -0.39 is 15.4 Å². The first-order valence-electron chi connectivity index (χ1n) is 6.65. The Bertz CT molecular complexity index is 608. The van der Waals surface area contributed by atoms with Crippen molar-refractivity contribution >= 4 is 33.2 Å². The lowest BCUT2D eigenvalue weighted by Gasteiger charge is -2.34. The van der Waals surface area contributed by atoms with Gasteiger partial charge in [-0.05, 0) is 36.8 Å². The molecule has 0 aromatic heterocycles. The number of halogens is 1. The summed E-state index contributed by atoms with van der Waals surface area (Å²) < 4.78 is 24.0. The first-order chi connectivity index (χ1) is 9.28. The van der Waals surface area contributed by atoms with Crippen LogP contribution in [-0.4, -0.2) is 20.9 Å². The van der Waals surface area contributed by atoms with Crippen LogP contribution in [0.5, 0.6) is 0 Å². The molecule has 0 amide bonds. The van der Waals surface area contributed by atoms with Gasteiger partial charge in [0.2, 0.25) is 0 Å². The van der Waals surface area contributed by atoms with Gasteiger partial charge >= 0.3 is 0 Å². The molecule has 2 rings (SSSR count). The monoisotopic (exact) mass is 333 g/mol. The standard InChI is InChI=1S/C14H20ClNO2S2/c1-19-13-11(15)8-10(9-12(13)20(2,17)18)14(16)6-4-3-5-7-14/h8-9H,3-7,16H2,1-2H3. The van der Waals surface area contributed by atoms with E-state index in [1.165, 1.54) is 24.4 Å². The van der Waals surface area contributed by atoms with E-state index in [1.54, 1.807) is 6.07 Å². The van der Waals surface area contributed by atoms with Crippen molar-refractivity contribution in [2.24, 2.45) is 5.73 Å². The summed E-state index contributed by atoms with van der Waals surface area (Å²) in [5.74, 6) is 0. The van der Waals surface area contributed by atoms with Crippen molar-refractivity contribution in [1.82, 2.24) is 0 Å². The van der Waals surface area contributed by atoms with Crippen LogP contribution in [0, 0.1) is 0 Å². The van der Waals surface area contributed by atoms with Gasteiger partial charge in [-0.1, -0.05) is 30.9 Å². The molecular formula is C14H20ClNO2S2. The zero-order valence-corrected chi connectivity index (χ0v) is 14.2. The van der Waals surface area contributed by atoms with Crippen molar-refractivity contribution in [3.05, 3.63) is 22.7 Å². The third kappa shape index (κ3) is 3.16. The molecule has 1 aliphatic rings. The Morgan fingerprint density at radius 2 is 1.85 bits per heavy atom. The minimum Gasteiger partial charge on any atom is -0.321 e. The van der Waals surface area contributed by atoms with Crippen LogP contribution in [0.25, 0.3) is 0 Å². The molecule has 0 unspecified atom stereocenters. The molecule has 112 valence electrons. The molecule has 0 heterocycles. The summed E-state index contributed by atoms with van der Waals surface area (Å²) in [6, 6.07) is 3.56. The summed E-state index contributed by atoms with van der Waals surface area (Å²) >= 11 is 7.63. The number of thioether (sulfide) groups is 1. The average molecular weight is 334 g/mol. The van der Waals surface area contributed by atoms with Gasteiger partial charge in [-0.2, -0.15) is 0 Å². The average Bonchev–Trinajstić information content (AvgIpc) is 2.37. The second kappa shape index (κ2) is 5.87. The smallest absolute Gasteiger partial charge is 0.176 e. The van der Waals surface area contributed by atoms with Crippen LogP contribution >= 0.6 is 23.4 Å². The molecule has 2 N–H and O–H groups in total. The van der Waals surface area contributed by atoms with Crippen molar-refractivity contribution < 1.29 is 8.42 Å². The first-order valence-corrected chi connectivity index (χ1v) is 10.1. The fourth-order valence-corrected chi connectivity index (χ4v) is 5.31. The van der Waals surface area contributed by atoms with Crippen molar-refractivity contribution in [2.45, 2.75) is 47.4 Å². The van der Waals surface area contributed by atoms with Crippen molar-refractivity contribution in [2.75, 3.05) is 12.5 Å². The first kappa shape index (κ1) is 16.1. The molecule has 1 aliphatic carbocycles. The molecule has 1 fully saturated rings. The van der Waals surface area contributed by atoms with E-state index in [-0.39, 0.29) is 0 Å². The molecule has 0 radical (unpaired) electrons. The van der Waals surface area contributed by atoms with E-state index in [0.29, 0.717) is 14.8 Å². The highest BCUT2D eigenvalue weighted by atomic mass is 35.5. The predicted octanol–water partition coefficient (Wildman–Crippen LogP) is 3.58. The van der Waals surface area contributed by atoms with E-state index >= 15 is 0 Å². The summed E-state index contributed by atoms with van der Waals surface area (Å²) in [5.41, 5.74) is 6.89. The fourth-order valence-electron chi connectivity index (χ4n) is 2.80. The molecule has 0 atom stereocenters. The number of hydrogen-bond donors (Lipinski definition) is 1. The highest BCUT2D eigenvalue weighted by Crippen LogP contribution is 2.40. The predicted molar refractivity (Wildman–Crippen MR) is 85.3 cm³/mol. The van der Waals surface area contributed by atoms with Gasteiger partial charge in [-0.25, -0.2) is 8.42 Å². The van der Waals surface area contributed by atoms with Crippen molar-refractivity contribution in [3.8, 4) is 0 Å². The summed E-state index contributed by atoms with van der Waals surface area (Å²) in [6.45, 7) is 0. The summed E-state index contributed by atoms with van der Waals surface area (Å²) in [6.07, 6.45) is 8.14. The molecule has 0 aliphatic heterocycles. The Morgan fingerprint density at radius 3 is 2.35 bits per heavy atom. The largest absolute Gasteiger partial charge is 0.321 e. The summed E-state index contributed by atoms with van der Waals surface area (Å²) in [4.78, 5) is 0.903. The van der Waals surface area contributed by atoms with Gasteiger partial charge in [0, 0.05) is 16.7 Å². The third-order valence-electron chi connectivity index (χ3n) is 3.93. The second-order valence-electron chi connectivity index (χ2n) is 5.48. The lowest BCUT2D eigenvalue weighted by molar-refractivity contribution is 0.301. The molecule has 6 heteroatoms. The van der Waals surface area contributed by atoms with E-state index in [2.05, 4.69) is 0 Å². The fraction of sp³-hybridized carbons (Fsp3) is 0.571. The number of nitrogens with two attached hydrogens (primary N) is 1. The Balaban J connectivity index is 2.59. The Kier molecular flexibility index (Phi) is 4.74. The van der Waals surface area contributed by atoms with Crippen molar-refractivity contribution in [1.29, 1.82) is 0 Å². The molecule has 3 nitrogen and oxygen atoms in total. The van der Waals surface area contributed by atoms with Gasteiger partial charge in [0.15, 0.2) is 9.84 Å². The highest BCUT2D eigenvalue weighted by Gasteiger charge is 2.31. The van der Waals surface area contributed by atoms with Gasteiger partial charge in [0.1, 0.15) is 0 Å². The molecule has 1 saturated carbocycles. The van der Waals surface area contributed by atoms with Crippen LogP contribution in [0.2, 0.25) is 5.02 Å². The minimum atomic E-state index is -3.32. The van der Waals surface area contributed by atoms with E-state index in [9.17, 15) is 8.42 Å². The number of benzene rings is 1. The van der Waals surface area contributed by atoms with E-state index in [1.807, 2.05) is 12.3 Å². The highest BCUT2D eigenvalue weighted by molar-refractivity contribution is 7.99. The Hall–Kier alpha value is -0.230. The number of rotatable bonds is 3. The van der Waals surface area contributed by atoms with Crippen LogP contribution in [0.1, 0.15) is 37.7 Å². The normalized spacial score (nSPS) is 19.0. The van der Waals surface area contributed by atoms with Crippen LogP contribution in [0.4, 0.5) is 0 Å². The molecular weight excluding hydrogens is 314 g/mol. The molecule has 0 saturated heterocycles. The lowest BCUT2D eigenvalue weighted by atomic mass is 9.77. The maximum absolute atomic E-state index is 12.0. The number of hydrogen-bond acceptors (Lipinski definition) is 4. The van der Waals surface area contributed by atoms with Gasteiger partial charge in [0.05, 0.1) is 9.92 Å². The zero-order chi connectivity index (χ0) is 15.0. The second-order valence-corrected chi connectivity index (χ2v) is 8.69. The van der Waals surface area contributed by atoms with Crippen LogP contribution in [0.3, 0.4) is 0 Å². The van der Waals surface area contributed by atoms with Gasteiger partial charge in [0.25, 0.3) is 0 Å². The molecule has 1 aromatic carbocycles. The van der Waals surface area contributed by atoms with E-state index in [0.717, 1.165) is 31.2 Å².